The van der Waals surface area contributed by atoms with Gasteiger partial charge in [-0.2, -0.15) is 0 Å². The Morgan fingerprint density at radius 3 is 2.70 bits per heavy atom. The van der Waals surface area contributed by atoms with Crippen molar-refractivity contribution < 1.29 is 4.74 Å². The van der Waals surface area contributed by atoms with Crippen molar-refractivity contribution in [2.24, 2.45) is 5.73 Å². The van der Waals surface area contributed by atoms with E-state index in [4.69, 9.17) is 10.5 Å². The number of benzene rings is 1. The van der Waals surface area contributed by atoms with Crippen LogP contribution in [0.2, 0.25) is 0 Å². The lowest BCUT2D eigenvalue weighted by Gasteiger charge is -2.43. The Labute approximate surface area is 123 Å². The highest BCUT2D eigenvalue weighted by atomic mass is 16.5. The number of hydrogen-bond acceptors (Lipinski definition) is 3. The molecule has 2 N–H and O–H groups in total. The standard InChI is InChI=1S/C17H28N2O/c1-5-16-11-20-14(4)10-19(16)17(9-18)15-7-6-12(2)13(3)8-15/h6-8,14,16-17H,5,9-11,18H2,1-4H3. The van der Waals surface area contributed by atoms with Crippen molar-refractivity contribution in [3.8, 4) is 0 Å². The summed E-state index contributed by atoms with van der Waals surface area (Å²) in [5.74, 6) is 0. The summed E-state index contributed by atoms with van der Waals surface area (Å²) < 4.78 is 5.80. The van der Waals surface area contributed by atoms with Gasteiger partial charge in [0.1, 0.15) is 0 Å². The van der Waals surface area contributed by atoms with Crippen LogP contribution in [0, 0.1) is 13.8 Å². The first-order valence-corrected chi connectivity index (χ1v) is 7.71. The summed E-state index contributed by atoms with van der Waals surface area (Å²) >= 11 is 0. The normalized spacial score (nSPS) is 25.6. The summed E-state index contributed by atoms with van der Waals surface area (Å²) in [5.41, 5.74) is 10.1. The van der Waals surface area contributed by atoms with Gasteiger partial charge in [-0.15, -0.1) is 0 Å². The van der Waals surface area contributed by atoms with Crippen molar-refractivity contribution in [3.63, 3.8) is 0 Å². The molecule has 0 aliphatic carbocycles. The van der Waals surface area contributed by atoms with Gasteiger partial charge in [0.05, 0.1) is 12.7 Å². The molecule has 2 rings (SSSR count). The first kappa shape index (κ1) is 15.5. The third-order valence-corrected chi connectivity index (χ3v) is 4.52. The molecule has 1 aromatic rings. The molecule has 20 heavy (non-hydrogen) atoms. The van der Waals surface area contributed by atoms with Crippen LogP contribution in [0.15, 0.2) is 18.2 Å². The van der Waals surface area contributed by atoms with Crippen molar-refractivity contribution in [2.75, 3.05) is 19.7 Å². The van der Waals surface area contributed by atoms with Gasteiger partial charge in [0.25, 0.3) is 0 Å². The second-order valence-corrected chi connectivity index (χ2v) is 6.00. The van der Waals surface area contributed by atoms with Gasteiger partial charge in [-0.05, 0) is 43.9 Å². The fourth-order valence-corrected chi connectivity index (χ4v) is 3.04. The van der Waals surface area contributed by atoms with Crippen LogP contribution >= 0.6 is 0 Å². The monoisotopic (exact) mass is 276 g/mol. The van der Waals surface area contributed by atoms with Gasteiger partial charge in [-0.1, -0.05) is 25.1 Å². The maximum Gasteiger partial charge on any atom is 0.0675 e. The van der Waals surface area contributed by atoms with Gasteiger partial charge < -0.3 is 10.5 Å². The average Bonchev–Trinajstić information content (AvgIpc) is 2.44. The quantitative estimate of drug-likeness (QED) is 0.919. The first-order valence-electron chi connectivity index (χ1n) is 7.71. The molecule has 0 spiro atoms. The second kappa shape index (κ2) is 6.70. The molecule has 1 aliphatic heterocycles. The second-order valence-electron chi connectivity index (χ2n) is 6.00. The molecule has 0 amide bonds. The molecule has 1 aromatic carbocycles. The van der Waals surface area contributed by atoms with E-state index >= 15 is 0 Å². The molecule has 0 radical (unpaired) electrons. The molecule has 1 heterocycles. The van der Waals surface area contributed by atoms with Gasteiger partial charge in [-0.3, -0.25) is 4.90 Å². The van der Waals surface area contributed by atoms with Crippen LogP contribution in [0.5, 0.6) is 0 Å². The third-order valence-electron chi connectivity index (χ3n) is 4.52. The number of nitrogens with two attached hydrogens (primary N) is 1. The molecule has 1 saturated heterocycles. The topological polar surface area (TPSA) is 38.5 Å². The Morgan fingerprint density at radius 1 is 1.35 bits per heavy atom. The van der Waals surface area contributed by atoms with E-state index in [1.165, 1.54) is 16.7 Å². The summed E-state index contributed by atoms with van der Waals surface area (Å²) in [6.45, 7) is 11.1. The SMILES string of the molecule is CCC1COC(C)CN1C(CN)c1ccc(C)c(C)c1. The Balaban J connectivity index is 2.26. The van der Waals surface area contributed by atoms with E-state index in [9.17, 15) is 0 Å². The smallest absolute Gasteiger partial charge is 0.0675 e. The summed E-state index contributed by atoms with van der Waals surface area (Å²) in [6, 6.07) is 7.50. The largest absolute Gasteiger partial charge is 0.376 e. The number of morpholine rings is 1. The molecular formula is C17H28N2O. The molecule has 3 nitrogen and oxygen atoms in total. The van der Waals surface area contributed by atoms with E-state index in [1.807, 2.05) is 0 Å². The molecular weight excluding hydrogens is 248 g/mol. The summed E-state index contributed by atoms with van der Waals surface area (Å²) in [7, 11) is 0. The fraction of sp³-hybridized carbons (Fsp3) is 0.647. The van der Waals surface area contributed by atoms with Gasteiger partial charge in [0, 0.05) is 25.2 Å². The van der Waals surface area contributed by atoms with Crippen LogP contribution in [-0.4, -0.2) is 36.7 Å². The molecule has 0 aromatic heterocycles. The molecule has 0 bridgehead atoms. The zero-order valence-corrected chi connectivity index (χ0v) is 13.2. The Morgan fingerprint density at radius 2 is 2.10 bits per heavy atom. The van der Waals surface area contributed by atoms with Gasteiger partial charge in [0.2, 0.25) is 0 Å². The predicted octanol–water partition coefficient (Wildman–Crippen LogP) is 2.80. The average molecular weight is 276 g/mol. The van der Waals surface area contributed by atoms with Crippen molar-refractivity contribution >= 4 is 0 Å². The molecule has 3 heteroatoms. The predicted molar refractivity (Wildman–Crippen MR) is 83.9 cm³/mol. The number of rotatable bonds is 4. The number of hydrogen-bond donors (Lipinski definition) is 1. The highest BCUT2D eigenvalue weighted by Gasteiger charge is 2.31. The maximum atomic E-state index is 6.10. The zero-order valence-electron chi connectivity index (χ0n) is 13.2. The van der Waals surface area contributed by atoms with Gasteiger partial charge >= 0.3 is 0 Å². The third kappa shape index (κ3) is 3.22. The summed E-state index contributed by atoms with van der Waals surface area (Å²) in [5, 5.41) is 0. The summed E-state index contributed by atoms with van der Waals surface area (Å²) in [6.07, 6.45) is 1.40. The molecule has 0 saturated carbocycles. The molecule has 3 atom stereocenters. The minimum Gasteiger partial charge on any atom is -0.376 e. The Bertz CT molecular complexity index is 447. The van der Waals surface area contributed by atoms with Crippen LogP contribution in [-0.2, 0) is 4.74 Å². The lowest BCUT2D eigenvalue weighted by atomic mass is 9.97. The van der Waals surface area contributed by atoms with E-state index in [0.29, 0.717) is 24.7 Å². The lowest BCUT2D eigenvalue weighted by molar-refractivity contribution is -0.0719. The maximum absolute atomic E-state index is 6.10. The van der Waals surface area contributed by atoms with Crippen LogP contribution in [0.25, 0.3) is 0 Å². The van der Waals surface area contributed by atoms with E-state index in [2.05, 4.69) is 50.8 Å². The molecule has 3 unspecified atom stereocenters. The molecule has 1 fully saturated rings. The first-order chi connectivity index (χ1) is 9.56. The fourth-order valence-electron chi connectivity index (χ4n) is 3.04. The molecule has 1 aliphatic rings. The highest BCUT2D eigenvalue weighted by molar-refractivity contribution is 5.32. The van der Waals surface area contributed by atoms with Gasteiger partial charge in [-0.25, -0.2) is 0 Å². The van der Waals surface area contributed by atoms with Gasteiger partial charge in [0.15, 0.2) is 0 Å². The summed E-state index contributed by atoms with van der Waals surface area (Å²) in [4.78, 5) is 2.54. The van der Waals surface area contributed by atoms with Crippen LogP contribution < -0.4 is 5.73 Å². The minimum atomic E-state index is 0.290. The van der Waals surface area contributed by atoms with E-state index < -0.39 is 0 Å². The number of aryl methyl sites for hydroxylation is 2. The van der Waals surface area contributed by atoms with Crippen molar-refractivity contribution in [3.05, 3.63) is 34.9 Å². The van der Waals surface area contributed by atoms with Crippen molar-refractivity contribution in [1.82, 2.24) is 4.90 Å². The number of nitrogens with zero attached hydrogens (tertiary/aromatic N) is 1. The van der Waals surface area contributed by atoms with E-state index in [-0.39, 0.29) is 0 Å². The minimum absolute atomic E-state index is 0.290. The Kier molecular flexibility index (Phi) is 5.19. The number of ether oxygens (including phenoxy) is 1. The van der Waals surface area contributed by atoms with E-state index in [0.717, 1.165) is 19.6 Å². The van der Waals surface area contributed by atoms with E-state index in [1.54, 1.807) is 0 Å². The van der Waals surface area contributed by atoms with Crippen LogP contribution in [0.3, 0.4) is 0 Å². The lowest BCUT2D eigenvalue weighted by Crippen LogP contribution is -2.51. The Hall–Kier alpha value is -0.900. The van der Waals surface area contributed by atoms with Crippen LogP contribution in [0.4, 0.5) is 0 Å². The van der Waals surface area contributed by atoms with Crippen molar-refractivity contribution in [1.29, 1.82) is 0 Å². The van der Waals surface area contributed by atoms with Crippen molar-refractivity contribution in [2.45, 2.75) is 52.3 Å². The van der Waals surface area contributed by atoms with Crippen LogP contribution in [0.1, 0.15) is 43.0 Å². The molecule has 112 valence electrons. The highest BCUT2D eigenvalue weighted by Crippen LogP contribution is 2.28. The zero-order chi connectivity index (χ0) is 14.7.